The van der Waals surface area contributed by atoms with Gasteiger partial charge in [-0.05, 0) is 27.7 Å². The van der Waals surface area contributed by atoms with Crippen molar-refractivity contribution < 1.29 is 0 Å². The molecular weight excluding hydrogens is 250 g/mol. The third-order valence-corrected chi connectivity index (χ3v) is 3.13. The summed E-state index contributed by atoms with van der Waals surface area (Å²) in [5.74, 6) is 1.07. The molecule has 18 heavy (non-hydrogen) atoms. The summed E-state index contributed by atoms with van der Waals surface area (Å²) >= 11 is 0. The standard InChI is InChI=1S/C12H23N5.ClH/c1-9(2)17-12(13-8-14-17)7-16-5-10(3)15-11(4)6-16;/h8-11,15H,5-7H2,1-4H3;1H. The van der Waals surface area contributed by atoms with Gasteiger partial charge in [0.05, 0.1) is 6.54 Å². The van der Waals surface area contributed by atoms with E-state index in [1.165, 1.54) is 0 Å². The van der Waals surface area contributed by atoms with E-state index in [4.69, 9.17) is 0 Å². The molecule has 2 atom stereocenters. The molecule has 1 aliphatic heterocycles. The Labute approximate surface area is 115 Å². The van der Waals surface area contributed by atoms with E-state index >= 15 is 0 Å². The van der Waals surface area contributed by atoms with Crippen molar-refractivity contribution in [1.82, 2.24) is 25.0 Å². The van der Waals surface area contributed by atoms with E-state index in [1.54, 1.807) is 6.33 Å². The van der Waals surface area contributed by atoms with Crippen LogP contribution < -0.4 is 5.32 Å². The number of nitrogens with zero attached hydrogens (tertiary/aromatic N) is 4. The van der Waals surface area contributed by atoms with Crippen LogP contribution in [0.5, 0.6) is 0 Å². The molecule has 2 heterocycles. The molecular formula is C12H24ClN5. The molecule has 0 radical (unpaired) electrons. The van der Waals surface area contributed by atoms with Crippen molar-refractivity contribution >= 4 is 12.4 Å². The first-order valence-electron chi connectivity index (χ1n) is 6.43. The van der Waals surface area contributed by atoms with E-state index in [0.29, 0.717) is 18.1 Å². The normalized spacial score (nSPS) is 25.2. The average Bonchev–Trinajstić information content (AvgIpc) is 2.63. The second-order valence-corrected chi connectivity index (χ2v) is 5.38. The molecule has 0 aliphatic carbocycles. The largest absolute Gasteiger partial charge is 0.309 e. The number of hydrogen-bond donors (Lipinski definition) is 1. The molecule has 0 spiro atoms. The van der Waals surface area contributed by atoms with Gasteiger partial charge in [-0.3, -0.25) is 4.90 Å². The van der Waals surface area contributed by atoms with Crippen molar-refractivity contribution in [2.75, 3.05) is 13.1 Å². The third kappa shape index (κ3) is 3.67. The molecule has 2 unspecified atom stereocenters. The van der Waals surface area contributed by atoms with E-state index in [0.717, 1.165) is 25.5 Å². The van der Waals surface area contributed by atoms with Crippen LogP contribution in [-0.4, -0.2) is 44.8 Å². The average molecular weight is 274 g/mol. The topological polar surface area (TPSA) is 46.0 Å². The molecule has 1 aromatic heterocycles. The van der Waals surface area contributed by atoms with Gasteiger partial charge in [-0.15, -0.1) is 12.4 Å². The summed E-state index contributed by atoms with van der Waals surface area (Å²) in [6.45, 7) is 11.8. The summed E-state index contributed by atoms with van der Waals surface area (Å²) in [6.07, 6.45) is 1.66. The lowest BCUT2D eigenvalue weighted by atomic mass is 10.1. The van der Waals surface area contributed by atoms with Gasteiger partial charge in [0, 0.05) is 31.2 Å². The maximum Gasteiger partial charge on any atom is 0.141 e. The van der Waals surface area contributed by atoms with Crippen LogP contribution in [0.4, 0.5) is 0 Å². The van der Waals surface area contributed by atoms with Gasteiger partial charge in [0.15, 0.2) is 0 Å². The molecule has 0 saturated carbocycles. The van der Waals surface area contributed by atoms with Crippen LogP contribution in [0.1, 0.15) is 39.6 Å². The zero-order valence-electron chi connectivity index (χ0n) is 11.6. The Balaban J connectivity index is 0.00000162. The summed E-state index contributed by atoms with van der Waals surface area (Å²) in [6, 6.07) is 1.48. The van der Waals surface area contributed by atoms with E-state index in [-0.39, 0.29) is 12.4 Å². The minimum atomic E-state index is 0. The van der Waals surface area contributed by atoms with E-state index in [1.807, 2.05) is 4.68 Å². The highest BCUT2D eigenvalue weighted by Crippen LogP contribution is 2.11. The van der Waals surface area contributed by atoms with E-state index in [9.17, 15) is 0 Å². The summed E-state index contributed by atoms with van der Waals surface area (Å²) in [4.78, 5) is 6.82. The van der Waals surface area contributed by atoms with Crippen LogP contribution in [0.3, 0.4) is 0 Å². The van der Waals surface area contributed by atoms with Crippen molar-refractivity contribution in [3.05, 3.63) is 12.2 Å². The number of halogens is 1. The summed E-state index contributed by atoms with van der Waals surface area (Å²) in [7, 11) is 0. The Morgan fingerprint density at radius 1 is 1.33 bits per heavy atom. The number of nitrogens with one attached hydrogen (secondary N) is 1. The minimum absolute atomic E-state index is 0. The zero-order valence-corrected chi connectivity index (χ0v) is 12.4. The highest BCUT2D eigenvalue weighted by Gasteiger charge is 2.22. The van der Waals surface area contributed by atoms with Crippen LogP contribution in [0.15, 0.2) is 6.33 Å². The van der Waals surface area contributed by atoms with Gasteiger partial charge < -0.3 is 5.32 Å². The summed E-state index contributed by atoms with van der Waals surface area (Å²) in [5, 5.41) is 7.82. The smallest absolute Gasteiger partial charge is 0.141 e. The number of rotatable bonds is 3. The Hall–Kier alpha value is -0.650. The Morgan fingerprint density at radius 3 is 2.50 bits per heavy atom. The molecule has 1 fully saturated rings. The van der Waals surface area contributed by atoms with Crippen LogP contribution in [0.25, 0.3) is 0 Å². The molecule has 1 aliphatic rings. The lowest BCUT2D eigenvalue weighted by Gasteiger charge is -2.35. The SMILES string of the molecule is CC1CN(Cc2ncnn2C(C)C)CC(C)N1.Cl. The van der Waals surface area contributed by atoms with Crippen LogP contribution in [0, 0.1) is 0 Å². The second kappa shape index (κ2) is 6.50. The van der Waals surface area contributed by atoms with Gasteiger partial charge in [0.25, 0.3) is 0 Å². The zero-order chi connectivity index (χ0) is 12.4. The first-order chi connectivity index (χ1) is 8.06. The molecule has 6 heteroatoms. The summed E-state index contributed by atoms with van der Waals surface area (Å²) < 4.78 is 2.01. The van der Waals surface area contributed by atoms with Gasteiger partial charge >= 0.3 is 0 Å². The molecule has 1 saturated heterocycles. The summed E-state index contributed by atoms with van der Waals surface area (Å²) in [5.41, 5.74) is 0. The molecule has 0 bridgehead atoms. The van der Waals surface area contributed by atoms with Gasteiger partial charge in [0.2, 0.25) is 0 Å². The van der Waals surface area contributed by atoms with Crippen molar-refractivity contribution in [1.29, 1.82) is 0 Å². The highest BCUT2D eigenvalue weighted by molar-refractivity contribution is 5.85. The Kier molecular flexibility index (Phi) is 5.56. The number of piperazine rings is 1. The van der Waals surface area contributed by atoms with Crippen molar-refractivity contribution in [2.24, 2.45) is 0 Å². The Bertz CT molecular complexity index is 355. The van der Waals surface area contributed by atoms with Gasteiger partial charge in [-0.2, -0.15) is 5.10 Å². The second-order valence-electron chi connectivity index (χ2n) is 5.38. The monoisotopic (exact) mass is 273 g/mol. The third-order valence-electron chi connectivity index (χ3n) is 3.13. The molecule has 1 aromatic rings. The first kappa shape index (κ1) is 15.4. The fourth-order valence-electron chi connectivity index (χ4n) is 2.59. The minimum Gasteiger partial charge on any atom is -0.309 e. The van der Waals surface area contributed by atoms with Crippen LogP contribution in [0.2, 0.25) is 0 Å². The van der Waals surface area contributed by atoms with Crippen LogP contribution >= 0.6 is 12.4 Å². The lowest BCUT2D eigenvalue weighted by Crippen LogP contribution is -2.53. The predicted molar refractivity (Wildman–Crippen MR) is 75.0 cm³/mol. The quantitative estimate of drug-likeness (QED) is 0.906. The molecule has 2 rings (SSSR count). The van der Waals surface area contributed by atoms with Crippen molar-refractivity contribution in [2.45, 2.75) is 52.4 Å². The number of aromatic nitrogens is 3. The van der Waals surface area contributed by atoms with Gasteiger partial charge in [-0.25, -0.2) is 9.67 Å². The molecule has 5 nitrogen and oxygen atoms in total. The van der Waals surface area contributed by atoms with Crippen molar-refractivity contribution in [3.8, 4) is 0 Å². The van der Waals surface area contributed by atoms with Crippen molar-refractivity contribution in [3.63, 3.8) is 0 Å². The lowest BCUT2D eigenvalue weighted by molar-refractivity contribution is 0.160. The molecule has 104 valence electrons. The fraction of sp³-hybridized carbons (Fsp3) is 0.833. The van der Waals surface area contributed by atoms with Gasteiger partial charge in [-0.1, -0.05) is 0 Å². The first-order valence-corrected chi connectivity index (χ1v) is 6.43. The molecule has 0 amide bonds. The predicted octanol–water partition coefficient (Wildman–Crippen LogP) is 1.46. The molecule has 1 N–H and O–H groups in total. The maximum absolute atomic E-state index is 4.37. The van der Waals surface area contributed by atoms with E-state index < -0.39 is 0 Å². The molecule has 0 aromatic carbocycles. The van der Waals surface area contributed by atoms with Gasteiger partial charge in [0.1, 0.15) is 12.2 Å². The fourth-order valence-corrected chi connectivity index (χ4v) is 2.59. The highest BCUT2D eigenvalue weighted by atomic mass is 35.5. The van der Waals surface area contributed by atoms with E-state index in [2.05, 4.69) is 48.0 Å². The number of hydrogen-bond acceptors (Lipinski definition) is 4. The van der Waals surface area contributed by atoms with Crippen LogP contribution in [-0.2, 0) is 6.54 Å². The Morgan fingerprint density at radius 2 is 1.94 bits per heavy atom. The maximum atomic E-state index is 4.37.